The van der Waals surface area contributed by atoms with Gasteiger partial charge in [0.05, 0.1) is 13.2 Å². The maximum Gasteiger partial charge on any atom is 0.320 e. The van der Waals surface area contributed by atoms with Crippen LogP contribution in [0.1, 0.15) is 19.4 Å². The first-order chi connectivity index (χ1) is 12.7. The topological polar surface area (TPSA) is 52.6 Å². The van der Waals surface area contributed by atoms with Crippen molar-refractivity contribution in [3.63, 3.8) is 0 Å². The predicted molar refractivity (Wildman–Crippen MR) is 102 cm³/mol. The van der Waals surface area contributed by atoms with Crippen molar-refractivity contribution in [1.29, 1.82) is 0 Å². The quantitative estimate of drug-likeness (QED) is 0.288. The van der Waals surface area contributed by atoms with Crippen LogP contribution < -0.4 is 0 Å². The summed E-state index contributed by atoms with van der Waals surface area (Å²) in [6, 6.07) is 18.1. The number of hydrogen-bond acceptors (Lipinski definition) is 4. The van der Waals surface area contributed by atoms with Crippen molar-refractivity contribution in [3.05, 3.63) is 60.2 Å². The summed E-state index contributed by atoms with van der Waals surface area (Å²) in [4.78, 5) is 24.8. The fraction of sp³-hybridized carbons (Fsp3) is 0.273. The smallest absolute Gasteiger partial charge is 0.320 e. The Morgan fingerprint density at radius 2 is 1.27 bits per heavy atom. The number of carbonyl (C=O) groups is 2. The highest BCUT2D eigenvalue weighted by Gasteiger charge is 2.31. The van der Waals surface area contributed by atoms with E-state index in [4.69, 9.17) is 9.47 Å². The van der Waals surface area contributed by atoms with Gasteiger partial charge in [0, 0.05) is 0 Å². The average molecular weight is 351 g/mol. The summed E-state index contributed by atoms with van der Waals surface area (Å²) in [7, 11) is 0. The van der Waals surface area contributed by atoms with Crippen LogP contribution in [0.15, 0.2) is 54.6 Å². The number of ether oxygens (including phenoxy) is 2. The molecule has 0 fully saturated rings. The van der Waals surface area contributed by atoms with Crippen LogP contribution in [0.3, 0.4) is 0 Å². The normalized spacial score (nSPS) is 11.0. The van der Waals surface area contributed by atoms with Crippen LogP contribution in [-0.4, -0.2) is 25.2 Å². The minimum absolute atomic E-state index is 0.227. The third-order valence-electron chi connectivity index (χ3n) is 4.43. The Morgan fingerprint density at radius 3 is 1.73 bits per heavy atom. The van der Waals surface area contributed by atoms with E-state index < -0.39 is 17.9 Å². The zero-order valence-electron chi connectivity index (χ0n) is 15.0. The molecule has 26 heavy (non-hydrogen) atoms. The summed E-state index contributed by atoms with van der Waals surface area (Å²) in [5, 5.41) is 4.22. The van der Waals surface area contributed by atoms with Gasteiger partial charge < -0.3 is 9.47 Å². The van der Waals surface area contributed by atoms with Gasteiger partial charge in [0.15, 0.2) is 5.92 Å². The summed E-state index contributed by atoms with van der Waals surface area (Å²) in [5.74, 6) is -2.05. The zero-order valence-corrected chi connectivity index (χ0v) is 15.0. The van der Waals surface area contributed by atoms with Gasteiger partial charge in [-0.2, -0.15) is 0 Å². The van der Waals surface area contributed by atoms with Gasteiger partial charge in [-0.15, -0.1) is 0 Å². The molecule has 0 aromatic heterocycles. The SMILES string of the molecule is CCOC(=O)[13CH](Cc1c2ccccc2cc2ccccc12)C(=O)OCC. The molecule has 0 saturated carbocycles. The highest BCUT2D eigenvalue weighted by atomic mass is 16.6. The third-order valence-corrected chi connectivity index (χ3v) is 4.43. The summed E-state index contributed by atoms with van der Waals surface area (Å²) in [6.45, 7) is 3.91. The standard InChI is InChI=1S/C22H22O4/c1-3-25-21(23)20(22(24)26-4-2)14-19-17-11-7-5-9-15(17)13-16-10-6-8-12-18(16)19/h5-13,20H,3-4,14H2,1-2H3/i20+1. The molecule has 3 aromatic carbocycles. The molecule has 3 aromatic rings. The lowest BCUT2D eigenvalue weighted by molar-refractivity contribution is -0.161. The lowest BCUT2D eigenvalue weighted by Gasteiger charge is -2.17. The third kappa shape index (κ3) is 3.54. The van der Waals surface area contributed by atoms with Crippen molar-refractivity contribution < 1.29 is 19.1 Å². The Hall–Kier alpha value is -2.88. The number of esters is 2. The van der Waals surface area contributed by atoms with Crippen LogP contribution in [0.2, 0.25) is 0 Å². The average Bonchev–Trinajstić information content (AvgIpc) is 2.65. The minimum Gasteiger partial charge on any atom is -0.465 e. The second-order valence-corrected chi connectivity index (χ2v) is 6.06. The number of benzene rings is 3. The van der Waals surface area contributed by atoms with Crippen LogP contribution in [0.4, 0.5) is 0 Å². The Kier molecular flexibility index (Phi) is 5.52. The second kappa shape index (κ2) is 8.00. The van der Waals surface area contributed by atoms with Crippen molar-refractivity contribution >= 4 is 33.5 Å². The number of fused-ring (bicyclic) bond motifs is 2. The number of carbonyl (C=O) groups excluding carboxylic acids is 2. The summed E-state index contributed by atoms with van der Waals surface area (Å²) >= 11 is 0. The Labute approximate surface area is 152 Å². The van der Waals surface area contributed by atoms with Crippen molar-refractivity contribution in [2.45, 2.75) is 20.3 Å². The van der Waals surface area contributed by atoms with Crippen LogP contribution in [0, 0.1) is 5.92 Å². The molecule has 4 heteroatoms. The molecular weight excluding hydrogens is 329 g/mol. The molecule has 0 heterocycles. The molecule has 0 aliphatic rings. The van der Waals surface area contributed by atoms with E-state index in [0.717, 1.165) is 27.1 Å². The minimum atomic E-state index is -0.968. The summed E-state index contributed by atoms with van der Waals surface area (Å²) in [5.41, 5.74) is 0.963. The van der Waals surface area contributed by atoms with Crippen LogP contribution in [0.25, 0.3) is 21.5 Å². The largest absolute Gasteiger partial charge is 0.465 e. The van der Waals surface area contributed by atoms with Gasteiger partial charge in [-0.05, 0) is 53.4 Å². The van der Waals surface area contributed by atoms with E-state index in [1.54, 1.807) is 13.8 Å². The molecule has 0 saturated heterocycles. The van der Waals surface area contributed by atoms with E-state index >= 15 is 0 Å². The Balaban J connectivity index is 2.14. The molecule has 0 aliphatic carbocycles. The highest BCUT2D eigenvalue weighted by Crippen LogP contribution is 2.31. The first kappa shape index (κ1) is 17.9. The molecule has 134 valence electrons. The monoisotopic (exact) mass is 351 g/mol. The first-order valence-electron chi connectivity index (χ1n) is 8.88. The molecule has 0 aliphatic heterocycles. The molecular formula is C22H22O4. The Bertz CT molecular complexity index is 873. The molecule has 4 nitrogen and oxygen atoms in total. The molecule has 0 spiro atoms. The van der Waals surface area contributed by atoms with Gasteiger partial charge in [0.1, 0.15) is 0 Å². The summed E-state index contributed by atoms with van der Waals surface area (Å²) in [6.07, 6.45) is 0.250. The van der Waals surface area contributed by atoms with Gasteiger partial charge in [-0.1, -0.05) is 48.5 Å². The van der Waals surface area contributed by atoms with Crippen molar-refractivity contribution in [2.75, 3.05) is 13.2 Å². The van der Waals surface area contributed by atoms with E-state index in [1.165, 1.54) is 0 Å². The van der Waals surface area contributed by atoms with E-state index in [0.29, 0.717) is 0 Å². The van der Waals surface area contributed by atoms with Gasteiger partial charge in [0.25, 0.3) is 0 Å². The fourth-order valence-electron chi connectivity index (χ4n) is 3.28. The van der Waals surface area contributed by atoms with E-state index in [1.807, 2.05) is 48.5 Å². The molecule has 0 radical (unpaired) electrons. The maximum atomic E-state index is 12.4. The molecule has 0 bridgehead atoms. The van der Waals surface area contributed by atoms with Gasteiger partial charge in [-0.25, -0.2) is 0 Å². The Morgan fingerprint density at radius 1 is 0.808 bits per heavy atom. The van der Waals surface area contributed by atoms with Crippen molar-refractivity contribution in [2.24, 2.45) is 5.92 Å². The first-order valence-corrected chi connectivity index (χ1v) is 8.88. The molecule has 0 N–H and O–H groups in total. The predicted octanol–water partition coefficient (Wildman–Crippen LogP) is 4.28. The summed E-state index contributed by atoms with van der Waals surface area (Å²) < 4.78 is 10.3. The second-order valence-electron chi connectivity index (χ2n) is 6.06. The highest BCUT2D eigenvalue weighted by molar-refractivity contribution is 6.04. The van der Waals surface area contributed by atoms with E-state index in [-0.39, 0.29) is 19.6 Å². The van der Waals surface area contributed by atoms with Crippen LogP contribution in [-0.2, 0) is 25.5 Å². The van der Waals surface area contributed by atoms with Gasteiger partial charge in [-0.3, -0.25) is 9.59 Å². The van der Waals surface area contributed by atoms with Gasteiger partial charge in [0.2, 0.25) is 0 Å². The lowest BCUT2D eigenvalue weighted by Crippen LogP contribution is -2.30. The maximum absolute atomic E-state index is 12.4. The fourth-order valence-corrected chi connectivity index (χ4v) is 3.28. The van der Waals surface area contributed by atoms with Crippen LogP contribution in [0.5, 0.6) is 0 Å². The molecule has 0 atom stereocenters. The molecule has 0 unspecified atom stereocenters. The number of rotatable bonds is 6. The zero-order chi connectivity index (χ0) is 18.5. The van der Waals surface area contributed by atoms with Crippen molar-refractivity contribution in [1.82, 2.24) is 0 Å². The van der Waals surface area contributed by atoms with E-state index in [9.17, 15) is 9.59 Å². The van der Waals surface area contributed by atoms with Crippen molar-refractivity contribution in [3.8, 4) is 0 Å². The lowest BCUT2D eigenvalue weighted by atomic mass is 9.95. The number of hydrogen-bond donors (Lipinski definition) is 0. The van der Waals surface area contributed by atoms with Crippen LogP contribution >= 0.6 is 0 Å². The van der Waals surface area contributed by atoms with Gasteiger partial charge >= 0.3 is 11.9 Å². The molecule has 3 rings (SSSR count). The van der Waals surface area contributed by atoms with E-state index in [2.05, 4.69) is 6.07 Å². The molecule has 0 amide bonds.